The maximum absolute atomic E-state index is 14.0. The van der Waals surface area contributed by atoms with Crippen LogP contribution in [-0.4, -0.2) is 40.6 Å². The highest BCUT2D eigenvalue weighted by molar-refractivity contribution is 7.17. The number of benzene rings is 1. The van der Waals surface area contributed by atoms with Crippen molar-refractivity contribution < 1.29 is 19.1 Å². The van der Waals surface area contributed by atoms with Crippen LogP contribution < -0.4 is 0 Å². The Bertz CT molecular complexity index is 699. The molecule has 0 spiro atoms. The van der Waals surface area contributed by atoms with Gasteiger partial charge in [-0.15, -0.1) is 11.3 Å². The molecule has 1 aliphatic heterocycles. The Kier molecular flexibility index (Phi) is 2.97. The smallest absolute Gasteiger partial charge is 0.343 e. The van der Waals surface area contributed by atoms with E-state index in [9.17, 15) is 14.0 Å². The third kappa shape index (κ3) is 2.06. The number of hydrogen-bond donors (Lipinski definition) is 1. The highest BCUT2D eigenvalue weighted by atomic mass is 32.1. The number of thiophene rings is 1. The second-order valence-corrected chi connectivity index (χ2v) is 5.87. The zero-order chi connectivity index (χ0) is 14.3. The highest BCUT2D eigenvalue weighted by Crippen LogP contribution is 2.28. The number of fused-ring (bicyclic) bond motifs is 1. The van der Waals surface area contributed by atoms with Crippen LogP contribution in [0.2, 0.25) is 0 Å². The molecule has 0 saturated carbocycles. The van der Waals surface area contributed by atoms with Gasteiger partial charge in [-0.25, -0.2) is 9.18 Å². The number of carboxylic acids is 1. The molecule has 1 fully saturated rings. The molecule has 0 radical (unpaired) electrons. The lowest BCUT2D eigenvalue weighted by Gasteiger charge is -2.17. The number of likely N-dealkylation sites (tertiary alicyclic amines) is 1. The van der Waals surface area contributed by atoms with Crippen LogP contribution in [0.25, 0.3) is 10.1 Å². The van der Waals surface area contributed by atoms with Crippen molar-refractivity contribution >= 4 is 33.3 Å². The second kappa shape index (κ2) is 4.56. The molecule has 104 valence electrons. The monoisotopic (exact) mass is 293 g/mol. The third-order valence-electron chi connectivity index (χ3n) is 3.59. The van der Waals surface area contributed by atoms with Gasteiger partial charge in [-0.1, -0.05) is 0 Å². The topological polar surface area (TPSA) is 57.6 Å². The average molecular weight is 293 g/mol. The van der Waals surface area contributed by atoms with E-state index < -0.39 is 11.6 Å². The minimum Gasteiger partial charge on any atom is -0.479 e. The summed E-state index contributed by atoms with van der Waals surface area (Å²) in [5.41, 5.74) is -1.85. The molecule has 2 aromatic rings. The summed E-state index contributed by atoms with van der Waals surface area (Å²) >= 11 is 1.58. The first kappa shape index (κ1) is 13.1. The molecule has 1 saturated heterocycles. The Morgan fingerprint density at radius 2 is 2.15 bits per heavy atom. The van der Waals surface area contributed by atoms with Gasteiger partial charge in [-0.3, -0.25) is 4.79 Å². The Balaban J connectivity index is 1.84. The number of amides is 1. The van der Waals surface area contributed by atoms with Gasteiger partial charge in [-0.05, 0) is 35.0 Å². The molecule has 1 aromatic carbocycles. The fourth-order valence-corrected chi connectivity index (χ4v) is 3.17. The standard InChI is InChI=1S/C14H12FNO3S/c15-14(13(18)19)4-5-16(8-14)12(17)10-1-2-11-9(7-10)3-6-20-11/h1-3,6-7H,4-5,8H2,(H,18,19)/t14-/m1/s1. The van der Waals surface area contributed by atoms with Crippen LogP contribution in [0, 0.1) is 0 Å². The van der Waals surface area contributed by atoms with Crippen LogP contribution in [0.3, 0.4) is 0 Å². The molecule has 1 aliphatic rings. The summed E-state index contributed by atoms with van der Waals surface area (Å²) in [6, 6.07) is 7.22. The van der Waals surface area contributed by atoms with E-state index in [-0.39, 0.29) is 25.4 Å². The first-order chi connectivity index (χ1) is 9.49. The van der Waals surface area contributed by atoms with Crippen LogP contribution in [0.1, 0.15) is 16.8 Å². The van der Waals surface area contributed by atoms with Crippen molar-refractivity contribution in [3.63, 3.8) is 0 Å². The molecule has 2 heterocycles. The van der Waals surface area contributed by atoms with E-state index in [1.807, 2.05) is 17.5 Å². The molecule has 6 heteroatoms. The summed E-state index contributed by atoms with van der Waals surface area (Å²) in [7, 11) is 0. The number of hydrogen-bond acceptors (Lipinski definition) is 3. The molecule has 0 unspecified atom stereocenters. The zero-order valence-corrected chi connectivity index (χ0v) is 11.3. The SMILES string of the molecule is O=C(c1ccc2sccc2c1)N1CC[C@](F)(C(=O)O)C1. The lowest BCUT2D eigenvalue weighted by molar-refractivity contribution is -0.149. The minimum atomic E-state index is -2.32. The van der Waals surface area contributed by atoms with E-state index >= 15 is 0 Å². The predicted octanol–water partition coefficient (Wildman–Crippen LogP) is 2.54. The van der Waals surface area contributed by atoms with Gasteiger partial charge in [0.2, 0.25) is 5.67 Å². The molecular formula is C14H12FNO3S. The largest absolute Gasteiger partial charge is 0.479 e. The maximum atomic E-state index is 14.0. The predicted molar refractivity (Wildman–Crippen MR) is 73.8 cm³/mol. The van der Waals surface area contributed by atoms with Crippen LogP contribution in [-0.2, 0) is 4.79 Å². The first-order valence-electron chi connectivity index (χ1n) is 6.18. The van der Waals surface area contributed by atoms with Gasteiger partial charge in [0.1, 0.15) is 0 Å². The van der Waals surface area contributed by atoms with Gasteiger partial charge in [0.15, 0.2) is 0 Å². The number of rotatable bonds is 2. The minimum absolute atomic E-state index is 0.128. The molecule has 3 rings (SSSR count). The molecule has 1 amide bonds. The first-order valence-corrected chi connectivity index (χ1v) is 7.06. The van der Waals surface area contributed by atoms with Crippen LogP contribution >= 0.6 is 11.3 Å². The molecule has 4 nitrogen and oxygen atoms in total. The Hall–Kier alpha value is -1.95. The molecule has 1 atom stereocenters. The van der Waals surface area contributed by atoms with E-state index in [0.717, 1.165) is 10.1 Å². The maximum Gasteiger partial charge on any atom is 0.343 e. The van der Waals surface area contributed by atoms with Crippen molar-refractivity contribution in [2.75, 3.05) is 13.1 Å². The van der Waals surface area contributed by atoms with Crippen molar-refractivity contribution in [2.24, 2.45) is 0 Å². The van der Waals surface area contributed by atoms with Crippen molar-refractivity contribution in [3.8, 4) is 0 Å². The number of aliphatic carboxylic acids is 1. The third-order valence-corrected chi connectivity index (χ3v) is 4.49. The number of alkyl halides is 1. The average Bonchev–Trinajstić information content (AvgIpc) is 3.04. The number of halogens is 1. The second-order valence-electron chi connectivity index (χ2n) is 4.92. The van der Waals surface area contributed by atoms with Crippen LogP contribution in [0.5, 0.6) is 0 Å². The van der Waals surface area contributed by atoms with Gasteiger partial charge in [-0.2, -0.15) is 0 Å². The number of carbonyl (C=O) groups is 2. The van der Waals surface area contributed by atoms with Gasteiger partial charge in [0.25, 0.3) is 5.91 Å². The molecule has 0 aliphatic carbocycles. The van der Waals surface area contributed by atoms with E-state index in [1.54, 1.807) is 23.5 Å². The van der Waals surface area contributed by atoms with Gasteiger partial charge >= 0.3 is 5.97 Å². The summed E-state index contributed by atoms with van der Waals surface area (Å²) in [5, 5.41) is 11.7. The molecule has 20 heavy (non-hydrogen) atoms. The van der Waals surface area contributed by atoms with Crippen molar-refractivity contribution in [1.82, 2.24) is 4.90 Å². The highest BCUT2D eigenvalue weighted by Gasteiger charge is 2.46. The van der Waals surface area contributed by atoms with E-state index in [1.165, 1.54) is 4.90 Å². The van der Waals surface area contributed by atoms with Gasteiger partial charge in [0, 0.05) is 23.2 Å². The Morgan fingerprint density at radius 1 is 1.35 bits per heavy atom. The van der Waals surface area contributed by atoms with Crippen LogP contribution in [0.4, 0.5) is 4.39 Å². The quantitative estimate of drug-likeness (QED) is 0.925. The lowest BCUT2D eigenvalue weighted by atomic mass is 10.1. The Morgan fingerprint density at radius 3 is 2.85 bits per heavy atom. The summed E-state index contributed by atoms with van der Waals surface area (Å²) in [5.74, 6) is -1.82. The van der Waals surface area contributed by atoms with Crippen molar-refractivity contribution in [1.29, 1.82) is 0 Å². The van der Waals surface area contributed by atoms with Crippen molar-refractivity contribution in [3.05, 3.63) is 35.2 Å². The molecular weight excluding hydrogens is 281 g/mol. The number of nitrogens with zero attached hydrogens (tertiary/aromatic N) is 1. The summed E-state index contributed by atoms with van der Waals surface area (Å²) in [4.78, 5) is 24.4. The van der Waals surface area contributed by atoms with Gasteiger partial charge in [0.05, 0.1) is 6.54 Å². The summed E-state index contributed by atoms with van der Waals surface area (Å²) in [6.07, 6.45) is -0.158. The normalized spacial score (nSPS) is 22.4. The van der Waals surface area contributed by atoms with E-state index in [0.29, 0.717) is 5.56 Å². The zero-order valence-electron chi connectivity index (χ0n) is 10.5. The molecule has 1 aromatic heterocycles. The summed E-state index contributed by atoms with van der Waals surface area (Å²) in [6.45, 7) is -0.258. The van der Waals surface area contributed by atoms with E-state index in [2.05, 4.69) is 0 Å². The van der Waals surface area contributed by atoms with Crippen LogP contribution in [0.15, 0.2) is 29.6 Å². The van der Waals surface area contributed by atoms with Gasteiger partial charge < -0.3 is 10.0 Å². The fourth-order valence-electron chi connectivity index (χ4n) is 2.40. The molecule has 1 N–H and O–H groups in total. The summed E-state index contributed by atoms with van der Waals surface area (Å²) < 4.78 is 15.1. The lowest BCUT2D eigenvalue weighted by Crippen LogP contribution is -2.38. The Labute approximate surface area is 118 Å². The number of carboxylic acid groups (broad SMARTS) is 1. The fraction of sp³-hybridized carbons (Fsp3) is 0.286. The van der Waals surface area contributed by atoms with E-state index in [4.69, 9.17) is 5.11 Å². The van der Waals surface area contributed by atoms with Crippen molar-refractivity contribution in [2.45, 2.75) is 12.1 Å². The number of carbonyl (C=O) groups excluding carboxylic acids is 1. The molecule has 0 bridgehead atoms.